The van der Waals surface area contributed by atoms with Gasteiger partial charge in [-0.15, -0.1) is 0 Å². The van der Waals surface area contributed by atoms with Gasteiger partial charge in [0, 0.05) is 16.5 Å². The van der Waals surface area contributed by atoms with Crippen LogP contribution in [0.4, 0.5) is 0 Å². The van der Waals surface area contributed by atoms with Crippen LogP contribution in [0.15, 0.2) is 76.5 Å². The van der Waals surface area contributed by atoms with E-state index < -0.39 is 0 Å². The van der Waals surface area contributed by atoms with Gasteiger partial charge in [0.2, 0.25) is 0 Å². The van der Waals surface area contributed by atoms with Crippen LogP contribution in [0.1, 0.15) is 35.7 Å². The summed E-state index contributed by atoms with van der Waals surface area (Å²) in [5, 5.41) is 8.81. The third kappa shape index (κ3) is 5.16. The molecule has 0 radical (unpaired) electrons. The molecule has 6 heteroatoms. The summed E-state index contributed by atoms with van der Waals surface area (Å²) >= 11 is 1.58. The molecule has 0 aliphatic rings. The first-order valence-electron chi connectivity index (χ1n) is 10.2. The Labute approximate surface area is 185 Å². The highest BCUT2D eigenvalue weighted by Crippen LogP contribution is 2.27. The second kappa shape index (κ2) is 10.00. The van der Waals surface area contributed by atoms with E-state index in [9.17, 15) is 4.79 Å². The largest absolute Gasteiger partial charge is 0.494 e. The van der Waals surface area contributed by atoms with Gasteiger partial charge >= 0.3 is 0 Å². The lowest BCUT2D eigenvalue weighted by molar-refractivity contribution is 0.0956. The van der Waals surface area contributed by atoms with Crippen LogP contribution < -0.4 is 10.2 Å². The van der Waals surface area contributed by atoms with Crippen molar-refractivity contribution in [2.45, 2.75) is 19.8 Å². The Bertz CT molecular complexity index is 1200. The zero-order valence-corrected chi connectivity index (χ0v) is 18.1. The van der Waals surface area contributed by atoms with Crippen LogP contribution in [0.2, 0.25) is 0 Å². The predicted octanol–water partition coefficient (Wildman–Crippen LogP) is 5.91. The van der Waals surface area contributed by atoms with E-state index in [1.54, 1.807) is 17.6 Å². The number of unbranched alkanes of at least 4 members (excludes halogenated alkanes) is 1. The number of hydrogen-bond acceptors (Lipinski definition) is 5. The van der Waals surface area contributed by atoms with Crippen LogP contribution in [0.25, 0.3) is 22.2 Å². The van der Waals surface area contributed by atoms with Crippen molar-refractivity contribution < 1.29 is 9.53 Å². The number of nitrogens with one attached hydrogen (secondary N) is 1. The maximum atomic E-state index is 12.9. The number of ether oxygens (including phenoxy) is 1. The molecule has 156 valence electrons. The molecule has 0 atom stereocenters. The van der Waals surface area contributed by atoms with Gasteiger partial charge in [-0.05, 0) is 47.5 Å². The van der Waals surface area contributed by atoms with Crippen molar-refractivity contribution in [3.8, 4) is 17.0 Å². The third-order valence-corrected chi connectivity index (χ3v) is 5.48. The number of amides is 1. The minimum Gasteiger partial charge on any atom is -0.494 e. The van der Waals surface area contributed by atoms with Crippen molar-refractivity contribution in [2.24, 2.45) is 5.10 Å². The van der Waals surface area contributed by atoms with Crippen LogP contribution >= 0.6 is 11.3 Å². The minimum absolute atomic E-state index is 0.276. The van der Waals surface area contributed by atoms with Crippen LogP contribution in [0, 0.1) is 0 Å². The lowest BCUT2D eigenvalue weighted by Gasteiger charge is -2.10. The molecule has 1 amide bonds. The topological polar surface area (TPSA) is 63.6 Å². The van der Waals surface area contributed by atoms with E-state index in [2.05, 4.69) is 17.5 Å². The van der Waals surface area contributed by atoms with Gasteiger partial charge in [-0.3, -0.25) is 4.79 Å². The molecule has 1 N–H and O–H groups in total. The Kier molecular flexibility index (Phi) is 6.69. The predicted molar refractivity (Wildman–Crippen MR) is 127 cm³/mol. The van der Waals surface area contributed by atoms with Crippen molar-refractivity contribution in [1.82, 2.24) is 10.4 Å². The molecular formula is C25H23N3O2S. The lowest BCUT2D eigenvalue weighted by Crippen LogP contribution is -2.18. The van der Waals surface area contributed by atoms with Gasteiger partial charge in [-0.25, -0.2) is 10.4 Å². The van der Waals surface area contributed by atoms with Crippen LogP contribution in [-0.2, 0) is 0 Å². The minimum atomic E-state index is -0.276. The number of carbonyl (C=O) groups is 1. The first kappa shape index (κ1) is 20.8. The van der Waals surface area contributed by atoms with E-state index in [4.69, 9.17) is 9.72 Å². The number of pyridine rings is 1. The summed E-state index contributed by atoms with van der Waals surface area (Å²) < 4.78 is 5.84. The molecule has 2 heterocycles. The number of nitrogens with zero attached hydrogens (tertiary/aromatic N) is 2. The van der Waals surface area contributed by atoms with Crippen LogP contribution in [-0.4, -0.2) is 23.7 Å². The van der Waals surface area contributed by atoms with Gasteiger partial charge < -0.3 is 4.74 Å². The van der Waals surface area contributed by atoms with Crippen molar-refractivity contribution in [3.05, 3.63) is 82.6 Å². The Balaban J connectivity index is 1.65. The SMILES string of the molecule is CCCCOc1cccc(-c2cc(C(=O)N/N=C/c3ccsc3)c3ccccc3n2)c1. The van der Waals surface area contributed by atoms with Crippen LogP contribution in [0.3, 0.4) is 0 Å². The average Bonchev–Trinajstić information content (AvgIpc) is 3.32. The summed E-state index contributed by atoms with van der Waals surface area (Å²) in [7, 11) is 0. The van der Waals surface area contributed by atoms with Crippen LogP contribution in [0.5, 0.6) is 5.75 Å². The molecule has 0 spiro atoms. The molecule has 0 saturated heterocycles. The fourth-order valence-electron chi connectivity index (χ4n) is 3.16. The summed E-state index contributed by atoms with van der Waals surface area (Å²) in [6.07, 6.45) is 3.73. The van der Waals surface area contributed by atoms with E-state index >= 15 is 0 Å². The second-order valence-electron chi connectivity index (χ2n) is 7.06. The van der Waals surface area contributed by atoms with Gasteiger partial charge in [0.15, 0.2) is 0 Å². The van der Waals surface area contributed by atoms with Gasteiger partial charge in [0.05, 0.1) is 29.6 Å². The molecular weight excluding hydrogens is 406 g/mol. The fraction of sp³-hybridized carbons (Fsp3) is 0.160. The zero-order valence-electron chi connectivity index (χ0n) is 17.2. The molecule has 2 aromatic carbocycles. The normalized spacial score (nSPS) is 11.1. The number of thiophene rings is 1. The number of hydrogen-bond donors (Lipinski definition) is 1. The standard InChI is InChI=1S/C25H23N3O2S/c1-2-3-12-30-20-8-6-7-19(14-20)24-15-22(21-9-4-5-10-23(21)27-24)25(29)28-26-16-18-11-13-31-17-18/h4-11,13-17H,2-3,12H2,1H3,(H,28,29)/b26-16+. The van der Waals surface area contributed by atoms with Gasteiger partial charge in [-0.2, -0.15) is 16.4 Å². The second-order valence-corrected chi connectivity index (χ2v) is 7.84. The highest BCUT2D eigenvalue weighted by atomic mass is 32.1. The van der Waals surface area contributed by atoms with Crippen molar-refractivity contribution in [2.75, 3.05) is 6.61 Å². The molecule has 0 unspecified atom stereocenters. The average molecular weight is 430 g/mol. The number of rotatable bonds is 8. The molecule has 0 aliphatic heterocycles. The Morgan fingerprint density at radius 3 is 2.90 bits per heavy atom. The first-order chi connectivity index (χ1) is 15.2. The zero-order chi connectivity index (χ0) is 21.5. The summed E-state index contributed by atoms with van der Waals surface area (Å²) in [6, 6.07) is 19.2. The summed E-state index contributed by atoms with van der Waals surface area (Å²) in [5.74, 6) is 0.522. The lowest BCUT2D eigenvalue weighted by atomic mass is 10.0. The first-order valence-corrected chi connectivity index (χ1v) is 11.2. The molecule has 31 heavy (non-hydrogen) atoms. The van der Waals surface area contributed by atoms with Gasteiger partial charge in [0.1, 0.15) is 5.75 Å². The maximum absolute atomic E-state index is 12.9. The quantitative estimate of drug-likeness (QED) is 0.215. The molecule has 0 saturated carbocycles. The molecule has 4 rings (SSSR count). The van der Waals surface area contributed by atoms with E-state index in [-0.39, 0.29) is 5.91 Å². The molecule has 0 fully saturated rings. The summed E-state index contributed by atoms with van der Waals surface area (Å²) in [4.78, 5) is 17.7. The molecule has 0 bridgehead atoms. The van der Waals surface area contributed by atoms with Crippen molar-refractivity contribution in [1.29, 1.82) is 0 Å². The van der Waals surface area contributed by atoms with E-state index in [0.717, 1.165) is 40.6 Å². The van der Waals surface area contributed by atoms with E-state index in [1.807, 2.05) is 71.4 Å². The van der Waals surface area contributed by atoms with Crippen molar-refractivity contribution >= 4 is 34.4 Å². The number of fused-ring (bicyclic) bond motifs is 1. The van der Waals surface area contributed by atoms with Crippen molar-refractivity contribution in [3.63, 3.8) is 0 Å². The molecule has 5 nitrogen and oxygen atoms in total. The molecule has 4 aromatic rings. The van der Waals surface area contributed by atoms with Gasteiger partial charge in [0.25, 0.3) is 5.91 Å². The Morgan fingerprint density at radius 1 is 1.16 bits per heavy atom. The number of para-hydroxylation sites is 1. The third-order valence-electron chi connectivity index (χ3n) is 4.78. The number of hydrazone groups is 1. The number of aromatic nitrogens is 1. The monoisotopic (exact) mass is 429 g/mol. The number of carbonyl (C=O) groups excluding carboxylic acids is 1. The van der Waals surface area contributed by atoms with E-state index in [0.29, 0.717) is 17.9 Å². The molecule has 2 aromatic heterocycles. The van der Waals surface area contributed by atoms with E-state index in [1.165, 1.54) is 0 Å². The number of benzene rings is 2. The summed E-state index contributed by atoms with van der Waals surface area (Å²) in [5.41, 5.74) is 6.48. The fourth-order valence-corrected chi connectivity index (χ4v) is 3.78. The summed E-state index contributed by atoms with van der Waals surface area (Å²) in [6.45, 7) is 2.82. The highest BCUT2D eigenvalue weighted by molar-refractivity contribution is 7.08. The highest BCUT2D eigenvalue weighted by Gasteiger charge is 2.14. The Morgan fingerprint density at radius 2 is 2.06 bits per heavy atom. The Hall–Kier alpha value is -3.51. The smallest absolute Gasteiger partial charge is 0.272 e. The molecule has 0 aliphatic carbocycles. The van der Waals surface area contributed by atoms with Gasteiger partial charge in [-0.1, -0.05) is 43.7 Å². The maximum Gasteiger partial charge on any atom is 0.272 e.